The maximum atomic E-state index is 10.1. The van der Waals surface area contributed by atoms with Crippen LogP contribution in [-0.4, -0.2) is 10.1 Å². The summed E-state index contributed by atoms with van der Waals surface area (Å²) in [4.78, 5) is 4.08. The van der Waals surface area contributed by atoms with E-state index in [0.717, 1.165) is 16.7 Å². The van der Waals surface area contributed by atoms with Gasteiger partial charge in [-0.3, -0.25) is 4.98 Å². The van der Waals surface area contributed by atoms with Crippen LogP contribution >= 0.6 is 11.6 Å². The first kappa shape index (κ1) is 12.1. The fraction of sp³-hybridized carbons (Fsp3) is 0.214. The Morgan fingerprint density at radius 3 is 2.82 bits per heavy atom. The summed E-state index contributed by atoms with van der Waals surface area (Å²) in [7, 11) is 0. The van der Waals surface area contributed by atoms with E-state index in [2.05, 4.69) is 4.98 Å². The molecule has 1 N–H and O–H groups in total. The van der Waals surface area contributed by atoms with Gasteiger partial charge in [-0.1, -0.05) is 29.8 Å². The molecule has 0 radical (unpaired) electrons. The molecule has 1 aromatic heterocycles. The SMILES string of the molecule is Cc1cncc(C(O)Cc2cccc(Cl)c2)c1. The number of hydrogen-bond acceptors (Lipinski definition) is 2. The van der Waals surface area contributed by atoms with E-state index >= 15 is 0 Å². The van der Waals surface area contributed by atoms with Crippen LogP contribution in [0.4, 0.5) is 0 Å². The summed E-state index contributed by atoms with van der Waals surface area (Å²) in [6.45, 7) is 1.96. The van der Waals surface area contributed by atoms with E-state index in [0.29, 0.717) is 11.4 Å². The van der Waals surface area contributed by atoms with Gasteiger partial charge in [-0.2, -0.15) is 0 Å². The van der Waals surface area contributed by atoms with Crippen molar-refractivity contribution in [2.75, 3.05) is 0 Å². The van der Waals surface area contributed by atoms with Crippen LogP contribution in [-0.2, 0) is 6.42 Å². The molecule has 0 aliphatic heterocycles. The number of aliphatic hydroxyl groups excluding tert-OH is 1. The van der Waals surface area contributed by atoms with Gasteiger partial charge in [0.2, 0.25) is 0 Å². The lowest BCUT2D eigenvalue weighted by atomic mass is 10.0. The lowest BCUT2D eigenvalue weighted by Gasteiger charge is -2.11. The number of aliphatic hydroxyl groups is 1. The summed E-state index contributed by atoms with van der Waals surface area (Å²) >= 11 is 5.91. The number of aryl methyl sites for hydroxylation is 1. The van der Waals surface area contributed by atoms with Crippen LogP contribution in [0.1, 0.15) is 22.8 Å². The Bertz CT molecular complexity index is 513. The molecule has 0 amide bonds. The summed E-state index contributed by atoms with van der Waals surface area (Å²) in [6, 6.07) is 9.49. The number of aromatic nitrogens is 1. The molecule has 1 heterocycles. The van der Waals surface area contributed by atoms with Crippen LogP contribution in [0.25, 0.3) is 0 Å². The Balaban J connectivity index is 2.14. The zero-order chi connectivity index (χ0) is 12.3. The molecular formula is C14H14ClNO. The molecule has 0 aliphatic rings. The summed E-state index contributed by atoms with van der Waals surface area (Å²) in [6.07, 6.45) is 3.48. The first-order valence-corrected chi connectivity index (χ1v) is 5.87. The molecule has 0 saturated carbocycles. The Kier molecular flexibility index (Phi) is 3.77. The Morgan fingerprint density at radius 1 is 1.29 bits per heavy atom. The van der Waals surface area contributed by atoms with E-state index in [4.69, 9.17) is 11.6 Å². The predicted octanol–water partition coefficient (Wildman–Crippen LogP) is 3.32. The van der Waals surface area contributed by atoms with Crippen molar-refractivity contribution in [3.63, 3.8) is 0 Å². The van der Waals surface area contributed by atoms with Gasteiger partial charge in [-0.05, 0) is 35.7 Å². The normalized spacial score (nSPS) is 12.4. The highest BCUT2D eigenvalue weighted by atomic mass is 35.5. The van der Waals surface area contributed by atoms with Crippen molar-refractivity contribution < 1.29 is 5.11 Å². The zero-order valence-corrected chi connectivity index (χ0v) is 10.4. The lowest BCUT2D eigenvalue weighted by Crippen LogP contribution is -2.02. The number of rotatable bonds is 3. The fourth-order valence-electron chi connectivity index (χ4n) is 1.77. The van der Waals surface area contributed by atoms with Crippen LogP contribution in [0, 0.1) is 6.92 Å². The predicted molar refractivity (Wildman–Crippen MR) is 69.1 cm³/mol. The summed E-state index contributed by atoms with van der Waals surface area (Å²) in [5, 5.41) is 10.8. The van der Waals surface area contributed by atoms with Crippen molar-refractivity contribution >= 4 is 11.6 Å². The van der Waals surface area contributed by atoms with Gasteiger partial charge in [0.15, 0.2) is 0 Å². The van der Waals surface area contributed by atoms with E-state index in [-0.39, 0.29) is 0 Å². The van der Waals surface area contributed by atoms with Crippen molar-refractivity contribution in [3.8, 4) is 0 Å². The highest BCUT2D eigenvalue weighted by Gasteiger charge is 2.09. The smallest absolute Gasteiger partial charge is 0.0845 e. The van der Waals surface area contributed by atoms with Gasteiger partial charge in [0.25, 0.3) is 0 Å². The minimum Gasteiger partial charge on any atom is -0.388 e. The Labute approximate surface area is 106 Å². The number of nitrogens with zero attached hydrogens (tertiary/aromatic N) is 1. The zero-order valence-electron chi connectivity index (χ0n) is 9.60. The van der Waals surface area contributed by atoms with Crippen molar-refractivity contribution in [3.05, 3.63) is 64.4 Å². The summed E-state index contributed by atoms with van der Waals surface area (Å²) < 4.78 is 0. The van der Waals surface area contributed by atoms with Crippen LogP contribution in [0.15, 0.2) is 42.7 Å². The molecule has 0 spiro atoms. The molecule has 88 valence electrons. The van der Waals surface area contributed by atoms with E-state index in [1.807, 2.05) is 37.3 Å². The van der Waals surface area contributed by atoms with Gasteiger partial charge < -0.3 is 5.11 Å². The highest BCUT2D eigenvalue weighted by Crippen LogP contribution is 2.20. The Morgan fingerprint density at radius 2 is 2.12 bits per heavy atom. The van der Waals surface area contributed by atoms with Crippen LogP contribution < -0.4 is 0 Å². The molecule has 17 heavy (non-hydrogen) atoms. The molecule has 1 atom stereocenters. The van der Waals surface area contributed by atoms with Crippen molar-refractivity contribution in [2.45, 2.75) is 19.4 Å². The van der Waals surface area contributed by atoms with Gasteiger partial charge in [-0.25, -0.2) is 0 Å². The fourth-order valence-corrected chi connectivity index (χ4v) is 1.98. The molecular weight excluding hydrogens is 234 g/mol. The maximum Gasteiger partial charge on any atom is 0.0845 e. The average molecular weight is 248 g/mol. The van der Waals surface area contributed by atoms with Gasteiger partial charge in [0.1, 0.15) is 0 Å². The highest BCUT2D eigenvalue weighted by molar-refractivity contribution is 6.30. The molecule has 0 fully saturated rings. The molecule has 3 heteroatoms. The third-order valence-electron chi connectivity index (χ3n) is 2.60. The minimum atomic E-state index is -0.541. The molecule has 0 bridgehead atoms. The van der Waals surface area contributed by atoms with Gasteiger partial charge >= 0.3 is 0 Å². The standard InChI is InChI=1S/C14H14ClNO/c1-10-5-12(9-16-8-10)14(17)7-11-3-2-4-13(15)6-11/h2-6,8-9,14,17H,7H2,1H3. The lowest BCUT2D eigenvalue weighted by molar-refractivity contribution is 0.178. The van der Waals surface area contributed by atoms with Gasteiger partial charge in [0.05, 0.1) is 6.10 Å². The second-order valence-electron chi connectivity index (χ2n) is 4.15. The molecule has 1 unspecified atom stereocenters. The molecule has 0 aliphatic carbocycles. The molecule has 0 saturated heterocycles. The quantitative estimate of drug-likeness (QED) is 0.903. The van der Waals surface area contributed by atoms with Crippen LogP contribution in [0.5, 0.6) is 0 Å². The molecule has 2 aromatic rings. The molecule has 2 nitrogen and oxygen atoms in total. The molecule has 1 aromatic carbocycles. The van der Waals surface area contributed by atoms with Crippen LogP contribution in [0.2, 0.25) is 5.02 Å². The average Bonchev–Trinajstić information content (AvgIpc) is 2.29. The van der Waals surface area contributed by atoms with Crippen molar-refractivity contribution in [1.29, 1.82) is 0 Å². The third-order valence-corrected chi connectivity index (χ3v) is 2.83. The largest absolute Gasteiger partial charge is 0.388 e. The first-order valence-electron chi connectivity index (χ1n) is 5.49. The second-order valence-corrected chi connectivity index (χ2v) is 4.58. The van der Waals surface area contributed by atoms with Crippen molar-refractivity contribution in [2.24, 2.45) is 0 Å². The van der Waals surface area contributed by atoms with E-state index < -0.39 is 6.10 Å². The number of hydrogen-bond donors (Lipinski definition) is 1. The van der Waals surface area contributed by atoms with Crippen molar-refractivity contribution in [1.82, 2.24) is 4.98 Å². The maximum absolute atomic E-state index is 10.1. The summed E-state index contributed by atoms with van der Waals surface area (Å²) in [5.74, 6) is 0. The van der Waals surface area contributed by atoms with Gasteiger partial charge in [0, 0.05) is 23.8 Å². The summed E-state index contributed by atoms with van der Waals surface area (Å²) in [5.41, 5.74) is 2.91. The Hall–Kier alpha value is -1.38. The third kappa shape index (κ3) is 3.29. The van der Waals surface area contributed by atoms with E-state index in [9.17, 15) is 5.11 Å². The van der Waals surface area contributed by atoms with E-state index in [1.165, 1.54) is 0 Å². The molecule has 2 rings (SSSR count). The number of benzene rings is 1. The topological polar surface area (TPSA) is 33.1 Å². The van der Waals surface area contributed by atoms with Gasteiger partial charge in [-0.15, -0.1) is 0 Å². The number of pyridine rings is 1. The minimum absolute atomic E-state index is 0.541. The monoisotopic (exact) mass is 247 g/mol. The number of halogens is 1. The second kappa shape index (κ2) is 5.30. The van der Waals surface area contributed by atoms with Crippen LogP contribution in [0.3, 0.4) is 0 Å². The first-order chi connectivity index (χ1) is 8.15. The van der Waals surface area contributed by atoms with E-state index in [1.54, 1.807) is 12.4 Å².